The van der Waals surface area contributed by atoms with Gasteiger partial charge >= 0.3 is 5.97 Å². The second-order valence-electron chi connectivity index (χ2n) is 5.34. The molecule has 4 nitrogen and oxygen atoms in total. The normalized spacial score (nSPS) is 32.8. The second kappa shape index (κ2) is 4.63. The summed E-state index contributed by atoms with van der Waals surface area (Å²) in [6.07, 6.45) is 1.73. The third kappa shape index (κ3) is 2.06. The number of hydrogen-bond donors (Lipinski definition) is 2. The summed E-state index contributed by atoms with van der Waals surface area (Å²) < 4.78 is 11.6. The van der Waals surface area contributed by atoms with Crippen LogP contribution in [0.5, 0.6) is 0 Å². The summed E-state index contributed by atoms with van der Waals surface area (Å²) in [5.41, 5.74) is 2.10. The van der Waals surface area contributed by atoms with E-state index in [1.54, 1.807) is 0 Å². The minimum absolute atomic E-state index is 0.0836. The average molecular weight is 279 g/mol. The largest absolute Gasteiger partial charge is 0.481 e. The quantitative estimate of drug-likeness (QED) is 0.865. The summed E-state index contributed by atoms with van der Waals surface area (Å²) in [5, 5.41) is 12.5. The van der Waals surface area contributed by atoms with E-state index in [0.717, 1.165) is 18.5 Å². The van der Waals surface area contributed by atoms with E-state index in [4.69, 9.17) is 5.11 Å². The molecule has 1 fully saturated rings. The molecule has 2 N–H and O–H groups in total. The minimum Gasteiger partial charge on any atom is -0.481 e. The predicted molar refractivity (Wildman–Crippen MR) is 74.9 cm³/mol. The zero-order valence-corrected chi connectivity index (χ0v) is 11.4. The molecule has 0 radical (unpaired) electrons. The van der Waals surface area contributed by atoms with Crippen LogP contribution in [0.2, 0.25) is 0 Å². The van der Waals surface area contributed by atoms with Crippen molar-refractivity contribution in [2.45, 2.75) is 30.7 Å². The van der Waals surface area contributed by atoms with Crippen LogP contribution >= 0.6 is 0 Å². The van der Waals surface area contributed by atoms with E-state index >= 15 is 0 Å². The lowest BCUT2D eigenvalue weighted by molar-refractivity contribution is -0.137. The number of nitrogens with one attached hydrogen (secondary N) is 1. The highest BCUT2D eigenvalue weighted by atomic mass is 32.2. The van der Waals surface area contributed by atoms with E-state index in [0.29, 0.717) is 11.5 Å². The van der Waals surface area contributed by atoms with Crippen molar-refractivity contribution in [3.05, 3.63) is 29.8 Å². The van der Waals surface area contributed by atoms with Crippen LogP contribution in [-0.4, -0.2) is 32.8 Å². The summed E-state index contributed by atoms with van der Waals surface area (Å²) >= 11 is 0. The molecule has 2 aliphatic rings. The molecule has 0 amide bonds. The van der Waals surface area contributed by atoms with Gasteiger partial charge in [0.15, 0.2) is 0 Å². The van der Waals surface area contributed by atoms with Crippen LogP contribution in [0.4, 0.5) is 5.69 Å². The van der Waals surface area contributed by atoms with E-state index in [2.05, 4.69) is 11.4 Å². The molecule has 0 bridgehead atoms. The molecule has 3 rings (SSSR count). The fourth-order valence-electron chi connectivity index (χ4n) is 3.41. The topological polar surface area (TPSA) is 66.4 Å². The first kappa shape index (κ1) is 12.7. The van der Waals surface area contributed by atoms with Crippen molar-refractivity contribution in [1.29, 1.82) is 0 Å². The first-order valence-corrected chi connectivity index (χ1v) is 8.03. The number of carbonyl (C=O) groups is 1. The lowest BCUT2D eigenvalue weighted by atomic mass is 9.71. The van der Waals surface area contributed by atoms with Gasteiger partial charge < -0.3 is 10.4 Å². The minimum atomic E-state index is -0.781. The average Bonchev–Trinajstić information content (AvgIpc) is 2.67. The number of para-hydroxylation sites is 1. The van der Waals surface area contributed by atoms with Crippen molar-refractivity contribution in [1.82, 2.24) is 0 Å². The molecule has 0 saturated carbocycles. The molecule has 0 aromatic heterocycles. The third-order valence-electron chi connectivity index (χ3n) is 4.39. The van der Waals surface area contributed by atoms with Crippen molar-refractivity contribution in [3.63, 3.8) is 0 Å². The Bertz CT molecular complexity index is 533. The molecule has 0 aliphatic carbocycles. The summed E-state index contributed by atoms with van der Waals surface area (Å²) in [7, 11) is -0.742. The summed E-state index contributed by atoms with van der Waals surface area (Å²) in [6, 6.07) is 7.96. The maximum Gasteiger partial charge on any atom is 0.305 e. The van der Waals surface area contributed by atoms with Crippen LogP contribution in [0.1, 0.15) is 24.8 Å². The molecule has 1 aromatic carbocycles. The van der Waals surface area contributed by atoms with Crippen LogP contribution in [-0.2, 0) is 21.0 Å². The highest BCUT2D eigenvalue weighted by Crippen LogP contribution is 2.48. The van der Waals surface area contributed by atoms with Crippen molar-refractivity contribution in [2.75, 3.05) is 16.8 Å². The van der Waals surface area contributed by atoms with Gasteiger partial charge in [0.1, 0.15) is 0 Å². The number of rotatable bonds is 2. The Morgan fingerprint density at radius 2 is 2.05 bits per heavy atom. The molecular formula is C14H17NO3S. The van der Waals surface area contributed by atoms with Gasteiger partial charge in [-0.15, -0.1) is 0 Å². The second-order valence-corrected chi connectivity index (χ2v) is 7.04. The van der Waals surface area contributed by atoms with Crippen LogP contribution in [0.25, 0.3) is 0 Å². The fraction of sp³-hybridized carbons (Fsp3) is 0.500. The summed E-state index contributed by atoms with van der Waals surface area (Å²) in [5.74, 6) is 0.564. The van der Waals surface area contributed by atoms with E-state index in [9.17, 15) is 9.00 Å². The zero-order chi connectivity index (χ0) is 13.5. The Morgan fingerprint density at radius 1 is 1.37 bits per heavy atom. The smallest absolute Gasteiger partial charge is 0.305 e. The third-order valence-corrected chi connectivity index (χ3v) is 5.71. The molecule has 5 heteroatoms. The summed E-state index contributed by atoms with van der Waals surface area (Å²) in [6.45, 7) is 0. The van der Waals surface area contributed by atoms with Crippen LogP contribution in [0.15, 0.2) is 24.3 Å². The maximum atomic E-state index is 11.6. The van der Waals surface area contributed by atoms with Gasteiger partial charge in [-0.05, 0) is 24.5 Å². The Hall–Kier alpha value is -1.36. The molecule has 2 heterocycles. The molecule has 102 valence electrons. The zero-order valence-electron chi connectivity index (χ0n) is 10.6. The Morgan fingerprint density at radius 3 is 2.74 bits per heavy atom. The van der Waals surface area contributed by atoms with Crippen molar-refractivity contribution >= 4 is 22.5 Å². The van der Waals surface area contributed by atoms with Gasteiger partial charge in [0, 0.05) is 39.4 Å². The first-order chi connectivity index (χ1) is 9.12. The van der Waals surface area contributed by atoms with Crippen LogP contribution in [0.3, 0.4) is 0 Å². The standard InChI is InChI=1S/C14H17NO3S/c16-13(17)9-12-14(5-7-19(18)8-6-14)10-3-1-2-4-11(10)15-12/h1-4,12,15H,5-9H2,(H,16,17). The highest BCUT2D eigenvalue weighted by Gasteiger charge is 2.48. The molecule has 1 unspecified atom stereocenters. The van der Waals surface area contributed by atoms with E-state index < -0.39 is 16.8 Å². The van der Waals surface area contributed by atoms with Gasteiger partial charge in [-0.2, -0.15) is 0 Å². The number of fused-ring (bicyclic) bond motifs is 2. The Kier molecular flexibility index (Phi) is 3.09. The van der Waals surface area contributed by atoms with Crippen molar-refractivity contribution < 1.29 is 14.1 Å². The van der Waals surface area contributed by atoms with Gasteiger partial charge in [0.25, 0.3) is 0 Å². The van der Waals surface area contributed by atoms with Crippen molar-refractivity contribution in [3.8, 4) is 0 Å². The predicted octanol–water partition coefficient (Wildman–Crippen LogP) is 1.74. The van der Waals surface area contributed by atoms with Crippen LogP contribution < -0.4 is 5.32 Å². The van der Waals surface area contributed by atoms with Crippen molar-refractivity contribution in [2.24, 2.45) is 0 Å². The molecule has 1 atom stereocenters. The van der Waals surface area contributed by atoms with Gasteiger partial charge in [-0.1, -0.05) is 18.2 Å². The molecular weight excluding hydrogens is 262 g/mol. The van der Waals surface area contributed by atoms with Gasteiger partial charge in [0.2, 0.25) is 0 Å². The maximum absolute atomic E-state index is 11.6. The molecule has 19 heavy (non-hydrogen) atoms. The van der Waals surface area contributed by atoms with Gasteiger partial charge in [0.05, 0.1) is 6.42 Å². The first-order valence-electron chi connectivity index (χ1n) is 6.55. The lowest BCUT2D eigenvalue weighted by Gasteiger charge is -2.38. The fourth-order valence-corrected chi connectivity index (χ4v) is 4.80. The summed E-state index contributed by atoms with van der Waals surface area (Å²) in [4.78, 5) is 11.1. The van der Waals surface area contributed by atoms with E-state index in [1.807, 2.05) is 18.2 Å². The number of carboxylic acid groups (broad SMARTS) is 1. The number of carboxylic acids is 1. The van der Waals surface area contributed by atoms with E-state index in [1.165, 1.54) is 5.56 Å². The Labute approximate surface area is 114 Å². The number of aliphatic carboxylic acids is 1. The molecule has 1 spiro atoms. The monoisotopic (exact) mass is 279 g/mol. The van der Waals surface area contributed by atoms with Gasteiger partial charge in [-0.3, -0.25) is 9.00 Å². The Balaban J connectivity index is 2.00. The number of anilines is 1. The molecule has 1 aromatic rings. The highest BCUT2D eigenvalue weighted by molar-refractivity contribution is 7.85. The lowest BCUT2D eigenvalue weighted by Crippen LogP contribution is -2.45. The van der Waals surface area contributed by atoms with Crippen LogP contribution in [0, 0.1) is 0 Å². The van der Waals surface area contributed by atoms with Gasteiger partial charge in [-0.25, -0.2) is 0 Å². The molecule has 2 aliphatic heterocycles. The number of hydrogen-bond acceptors (Lipinski definition) is 3. The SMILES string of the molecule is O=C(O)CC1Nc2ccccc2C12CCS(=O)CC2. The molecule has 1 saturated heterocycles. The number of benzene rings is 1. The van der Waals surface area contributed by atoms with E-state index in [-0.39, 0.29) is 17.9 Å².